The summed E-state index contributed by atoms with van der Waals surface area (Å²) < 4.78 is 53.5. The second kappa shape index (κ2) is 6.60. The minimum Gasteiger partial charge on any atom is -0.326 e. The molecule has 0 aliphatic heterocycles. The fourth-order valence-corrected chi connectivity index (χ4v) is 3.81. The predicted octanol–water partition coefficient (Wildman–Crippen LogP) is 2.23. The van der Waals surface area contributed by atoms with Gasteiger partial charge in [0.1, 0.15) is 4.90 Å². The molecule has 0 saturated carbocycles. The molecule has 1 atom stereocenters. The molecule has 0 bridgehead atoms. The second-order valence-corrected chi connectivity index (χ2v) is 6.42. The molecule has 1 rings (SSSR count). The van der Waals surface area contributed by atoms with Crippen LogP contribution < -0.4 is 5.73 Å². The van der Waals surface area contributed by atoms with Crippen molar-refractivity contribution in [2.75, 3.05) is 6.54 Å². The van der Waals surface area contributed by atoms with Crippen LogP contribution in [0, 0.1) is 11.6 Å². The topological polar surface area (TPSA) is 63.4 Å². The van der Waals surface area contributed by atoms with E-state index in [1.54, 1.807) is 13.8 Å². The van der Waals surface area contributed by atoms with Gasteiger partial charge in [-0.2, -0.15) is 4.31 Å². The van der Waals surface area contributed by atoms with Gasteiger partial charge in [0.05, 0.1) is 0 Å². The Morgan fingerprint density at radius 1 is 1.30 bits per heavy atom. The van der Waals surface area contributed by atoms with E-state index in [0.29, 0.717) is 6.42 Å². The van der Waals surface area contributed by atoms with Crippen LogP contribution in [0.2, 0.25) is 0 Å². The highest BCUT2D eigenvalue weighted by molar-refractivity contribution is 7.89. The lowest BCUT2D eigenvalue weighted by molar-refractivity contribution is 0.339. The minimum atomic E-state index is -4.09. The van der Waals surface area contributed by atoms with Gasteiger partial charge < -0.3 is 5.73 Å². The highest BCUT2D eigenvalue weighted by atomic mass is 32.2. The maximum Gasteiger partial charge on any atom is 0.246 e. The SMILES string of the molecule is CCC(C)N(CC)S(=O)(=O)c1cc(CN)cc(F)c1F. The Labute approximate surface area is 118 Å². The highest BCUT2D eigenvalue weighted by Gasteiger charge is 2.31. The molecule has 4 nitrogen and oxygen atoms in total. The quantitative estimate of drug-likeness (QED) is 0.876. The van der Waals surface area contributed by atoms with E-state index in [1.807, 2.05) is 6.92 Å². The van der Waals surface area contributed by atoms with E-state index in [2.05, 4.69) is 0 Å². The summed E-state index contributed by atoms with van der Waals surface area (Å²) in [7, 11) is -4.09. The van der Waals surface area contributed by atoms with Gasteiger partial charge in [0, 0.05) is 19.1 Å². The number of rotatable bonds is 6. The van der Waals surface area contributed by atoms with E-state index in [0.717, 1.165) is 16.4 Å². The first-order valence-corrected chi connectivity index (χ1v) is 7.93. The third-order valence-corrected chi connectivity index (χ3v) is 5.36. The molecule has 0 aliphatic rings. The first-order chi connectivity index (χ1) is 9.29. The third-order valence-electron chi connectivity index (χ3n) is 3.27. The van der Waals surface area contributed by atoms with Crippen LogP contribution in [0.25, 0.3) is 0 Å². The van der Waals surface area contributed by atoms with Gasteiger partial charge in [0.15, 0.2) is 11.6 Å². The molecular formula is C13H20F2N2O2S. The van der Waals surface area contributed by atoms with Crippen LogP contribution in [-0.4, -0.2) is 25.3 Å². The van der Waals surface area contributed by atoms with Crippen LogP contribution >= 0.6 is 0 Å². The Hall–Kier alpha value is -1.05. The van der Waals surface area contributed by atoms with Gasteiger partial charge in [-0.15, -0.1) is 0 Å². The van der Waals surface area contributed by atoms with Gasteiger partial charge in [0.2, 0.25) is 10.0 Å². The van der Waals surface area contributed by atoms with Crippen molar-refractivity contribution < 1.29 is 17.2 Å². The Balaban J connectivity index is 3.45. The van der Waals surface area contributed by atoms with E-state index >= 15 is 0 Å². The number of nitrogens with two attached hydrogens (primary N) is 1. The summed E-state index contributed by atoms with van der Waals surface area (Å²) in [5.74, 6) is -2.56. The zero-order valence-corrected chi connectivity index (χ0v) is 12.7. The zero-order chi connectivity index (χ0) is 15.5. The van der Waals surface area contributed by atoms with Gasteiger partial charge in [-0.3, -0.25) is 0 Å². The molecule has 0 saturated heterocycles. The van der Waals surface area contributed by atoms with Crippen molar-refractivity contribution in [3.05, 3.63) is 29.3 Å². The average Bonchev–Trinajstić information content (AvgIpc) is 2.41. The summed E-state index contributed by atoms with van der Waals surface area (Å²) in [4.78, 5) is -0.653. The van der Waals surface area contributed by atoms with E-state index < -0.39 is 26.6 Å². The molecule has 0 fully saturated rings. The normalized spacial score (nSPS) is 13.8. The zero-order valence-electron chi connectivity index (χ0n) is 11.9. The maximum atomic E-state index is 13.9. The molecule has 0 spiro atoms. The Morgan fingerprint density at radius 3 is 2.35 bits per heavy atom. The molecular weight excluding hydrogens is 286 g/mol. The summed E-state index contributed by atoms with van der Waals surface area (Å²) in [6, 6.07) is 1.71. The lowest BCUT2D eigenvalue weighted by Gasteiger charge is -2.26. The van der Waals surface area contributed by atoms with Crippen molar-refractivity contribution in [3.63, 3.8) is 0 Å². The lowest BCUT2D eigenvalue weighted by atomic mass is 10.2. The monoisotopic (exact) mass is 306 g/mol. The Bertz CT molecular complexity index is 576. The van der Waals surface area contributed by atoms with Crippen molar-refractivity contribution >= 4 is 10.0 Å². The van der Waals surface area contributed by atoms with Crippen LogP contribution in [0.15, 0.2) is 17.0 Å². The molecule has 20 heavy (non-hydrogen) atoms. The van der Waals surface area contributed by atoms with Gasteiger partial charge in [-0.05, 0) is 31.0 Å². The predicted molar refractivity (Wildman–Crippen MR) is 73.6 cm³/mol. The van der Waals surface area contributed by atoms with E-state index in [9.17, 15) is 17.2 Å². The fourth-order valence-electron chi connectivity index (χ4n) is 1.97. The van der Waals surface area contributed by atoms with Crippen LogP contribution in [-0.2, 0) is 16.6 Å². The first-order valence-electron chi connectivity index (χ1n) is 6.49. The molecule has 0 aliphatic carbocycles. The molecule has 2 N–H and O–H groups in total. The number of hydrogen-bond acceptors (Lipinski definition) is 3. The summed E-state index contributed by atoms with van der Waals surface area (Å²) in [6.45, 7) is 5.34. The average molecular weight is 306 g/mol. The van der Waals surface area contributed by atoms with Crippen molar-refractivity contribution in [1.29, 1.82) is 0 Å². The van der Waals surface area contributed by atoms with Gasteiger partial charge >= 0.3 is 0 Å². The number of halogens is 2. The van der Waals surface area contributed by atoms with E-state index in [4.69, 9.17) is 5.73 Å². The van der Waals surface area contributed by atoms with E-state index in [-0.39, 0.29) is 24.7 Å². The summed E-state index contributed by atoms with van der Waals surface area (Å²) in [5.41, 5.74) is 5.62. The van der Waals surface area contributed by atoms with Crippen molar-refractivity contribution in [1.82, 2.24) is 4.31 Å². The van der Waals surface area contributed by atoms with Crippen molar-refractivity contribution in [2.45, 2.75) is 44.7 Å². The van der Waals surface area contributed by atoms with Crippen LogP contribution in [0.5, 0.6) is 0 Å². The Morgan fingerprint density at radius 2 is 1.90 bits per heavy atom. The number of hydrogen-bond donors (Lipinski definition) is 1. The Kier molecular flexibility index (Phi) is 5.61. The molecule has 1 unspecified atom stereocenters. The van der Waals surface area contributed by atoms with Crippen LogP contribution in [0.4, 0.5) is 8.78 Å². The standard InChI is InChI=1S/C13H20F2N2O2S/c1-4-9(3)17(5-2)20(18,19)12-7-10(8-16)6-11(14)13(12)15/h6-7,9H,4-5,8,16H2,1-3H3. The van der Waals surface area contributed by atoms with E-state index in [1.165, 1.54) is 0 Å². The van der Waals surface area contributed by atoms with Crippen LogP contribution in [0.1, 0.15) is 32.8 Å². The highest BCUT2D eigenvalue weighted by Crippen LogP contribution is 2.25. The molecule has 1 aromatic rings. The largest absolute Gasteiger partial charge is 0.326 e. The summed E-state index contributed by atoms with van der Waals surface area (Å²) in [5, 5.41) is 0. The molecule has 0 radical (unpaired) electrons. The fraction of sp³-hybridized carbons (Fsp3) is 0.538. The third kappa shape index (κ3) is 3.16. The smallest absolute Gasteiger partial charge is 0.246 e. The van der Waals surface area contributed by atoms with Gasteiger partial charge in [-0.1, -0.05) is 13.8 Å². The minimum absolute atomic E-state index is 0.0603. The van der Waals surface area contributed by atoms with Crippen molar-refractivity contribution in [3.8, 4) is 0 Å². The molecule has 0 heterocycles. The van der Waals surface area contributed by atoms with Gasteiger partial charge in [0.25, 0.3) is 0 Å². The molecule has 114 valence electrons. The van der Waals surface area contributed by atoms with Crippen LogP contribution in [0.3, 0.4) is 0 Å². The summed E-state index contributed by atoms with van der Waals surface area (Å²) >= 11 is 0. The molecule has 0 amide bonds. The number of benzene rings is 1. The lowest BCUT2D eigenvalue weighted by Crippen LogP contribution is -2.38. The second-order valence-electron chi connectivity index (χ2n) is 4.56. The number of nitrogens with zero attached hydrogens (tertiary/aromatic N) is 1. The van der Waals surface area contributed by atoms with Crippen molar-refractivity contribution in [2.24, 2.45) is 5.73 Å². The first kappa shape index (κ1) is 17.0. The maximum absolute atomic E-state index is 13.9. The summed E-state index contributed by atoms with van der Waals surface area (Å²) in [6.07, 6.45) is 0.577. The molecule has 0 aromatic heterocycles. The molecule has 7 heteroatoms. The number of sulfonamides is 1. The van der Waals surface area contributed by atoms with Gasteiger partial charge in [-0.25, -0.2) is 17.2 Å². The molecule has 1 aromatic carbocycles.